The lowest BCUT2D eigenvalue weighted by atomic mass is 10.2. The molecule has 6 heteroatoms. The van der Waals surface area contributed by atoms with Crippen LogP contribution in [0.15, 0.2) is 85.1 Å². The second-order valence-electron chi connectivity index (χ2n) is 6.56. The molecule has 0 unspecified atom stereocenters. The maximum Gasteiger partial charge on any atom is 0.208 e. The van der Waals surface area contributed by atoms with Crippen molar-refractivity contribution in [2.45, 2.75) is 0 Å². The minimum Gasteiger partial charge on any atom is -0.457 e. The van der Waals surface area contributed by atoms with Gasteiger partial charge in [-0.05, 0) is 48.5 Å². The van der Waals surface area contributed by atoms with Gasteiger partial charge in [0, 0.05) is 18.6 Å². The Labute approximate surface area is 174 Å². The third-order valence-electron chi connectivity index (χ3n) is 4.73. The van der Waals surface area contributed by atoms with E-state index in [4.69, 9.17) is 9.72 Å². The van der Waals surface area contributed by atoms with Gasteiger partial charge in [0.2, 0.25) is 5.95 Å². The van der Waals surface area contributed by atoms with E-state index in [0.29, 0.717) is 0 Å². The molecule has 1 N–H and O–H groups in total. The Hall–Kier alpha value is -3.57. The highest BCUT2D eigenvalue weighted by molar-refractivity contribution is 5.94. The molecule has 5 nitrogen and oxygen atoms in total. The molecule has 144 valence electrons. The molecule has 5 aromatic rings. The van der Waals surface area contributed by atoms with Crippen LogP contribution in [0.3, 0.4) is 0 Å². The van der Waals surface area contributed by atoms with Crippen LogP contribution in [-0.4, -0.2) is 14.5 Å². The number of anilines is 2. The Morgan fingerprint density at radius 2 is 1.62 bits per heavy atom. The maximum absolute atomic E-state index is 5.99. The van der Waals surface area contributed by atoms with Crippen molar-refractivity contribution in [3.63, 3.8) is 0 Å². The van der Waals surface area contributed by atoms with Gasteiger partial charge in [0.05, 0.1) is 22.2 Å². The molecule has 2 aromatic heterocycles. The number of rotatable bonds is 4. The van der Waals surface area contributed by atoms with Gasteiger partial charge in [-0.15, -0.1) is 12.4 Å². The molecule has 5 rings (SSSR count). The lowest BCUT2D eigenvalue weighted by Gasteiger charge is -2.11. The van der Waals surface area contributed by atoms with E-state index in [9.17, 15) is 0 Å². The Morgan fingerprint density at radius 1 is 0.828 bits per heavy atom. The number of halogens is 1. The molecule has 0 radical (unpaired) electrons. The van der Waals surface area contributed by atoms with E-state index in [2.05, 4.69) is 16.4 Å². The summed E-state index contributed by atoms with van der Waals surface area (Å²) in [7, 11) is 2.00. The molecule has 0 saturated heterocycles. The number of nitrogens with one attached hydrogen (secondary N) is 1. The summed E-state index contributed by atoms with van der Waals surface area (Å²) in [5, 5.41) is 4.43. The largest absolute Gasteiger partial charge is 0.457 e. The third-order valence-corrected chi connectivity index (χ3v) is 4.73. The van der Waals surface area contributed by atoms with Crippen molar-refractivity contribution in [1.82, 2.24) is 14.5 Å². The van der Waals surface area contributed by atoms with Crippen LogP contribution in [0.25, 0.3) is 21.9 Å². The lowest BCUT2D eigenvalue weighted by Crippen LogP contribution is -2.00. The minimum atomic E-state index is 0. The summed E-state index contributed by atoms with van der Waals surface area (Å²) >= 11 is 0. The number of pyridine rings is 1. The van der Waals surface area contributed by atoms with Gasteiger partial charge in [0.1, 0.15) is 11.5 Å². The molecule has 0 atom stereocenters. The van der Waals surface area contributed by atoms with Gasteiger partial charge < -0.3 is 14.6 Å². The normalized spacial score (nSPS) is 10.7. The van der Waals surface area contributed by atoms with Crippen LogP contribution >= 0.6 is 12.4 Å². The number of fused-ring (bicyclic) bond motifs is 2. The topological polar surface area (TPSA) is 52.0 Å². The first-order valence-electron chi connectivity index (χ1n) is 9.08. The van der Waals surface area contributed by atoms with Crippen LogP contribution in [0.4, 0.5) is 11.6 Å². The van der Waals surface area contributed by atoms with Crippen LogP contribution < -0.4 is 10.1 Å². The van der Waals surface area contributed by atoms with Crippen molar-refractivity contribution in [3.8, 4) is 11.5 Å². The molecule has 0 saturated carbocycles. The third kappa shape index (κ3) is 3.60. The summed E-state index contributed by atoms with van der Waals surface area (Å²) in [4.78, 5) is 9.18. The van der Waals surface area contributed by atoms with E-state index >= 15 is 0 Å². The lowest BCUT2D eigenvalue weighted by molar-refractivity contribution is 0.483. The Bertz CT molecular complexity index is 1280. The van der Waals surface area contributed by atoms with Gasteiger partial charge in [0.25, 0.3) is 0 Å². The average Bonchev–Trinajstić information content (AvgIpc) is 3.05. The molecule has 2 heterocycles. The SMILES string of the molecule is Cl.Cn1c(Nc2ccnc3ccc(Oc4ccccc4)cc23)nc2ccccc21. The first-order valence-corrected chi connectivity index (χ1v) is 9.08. The van der Waals surface area contributed by atoms with Gasteiger partial charge >= 0.3 is 0 Å². The van der Waals surface area contributed by atoms with E-state index in [-0.39, 0.29) is 12.4 Å². The zero-order valence-corrected chi connectivity index (χ0v) is 16.6. The first-order chi connectivity index (χ1) is 13.8. The van der Waals surface area contributed by atoms with Gasteiger partial charge in [-0.25, -0.2) is 4.98 Å². The molecule has 0 aliphatic heterocycles. The van der Waals surface area contributed by atoms with E-state index in [1.54, 1.807) is 6.20 Å². The summed E-state index contributed by atoms with van der Waals surface area (Å²) in [6, 6.07) is 25.7. The highest BCUT2D eigenvalue weighted by atomic mass is 35.5. The zero-order valence-electron chi connectivity index (χ0n) is 15.7. The van der Waals surface area contributed by atoms with Crippen LogP contribution in [-0.2, 0) is 7.05 Å². The summed E-state index contributed by atoms with van der Waals surface area (Å²) in [5.74, 6) is 2.35. The van der Waals surface area contributed by atoms with Crippen LogP contribution in [0.2, 0.25) is 0 Å². The van der Waals surface area contributed by atoms with E-state index in [1.165, 1.54) is 0 Å². The van der Waals surface area contributed by atoms with Crippen molar-refractivity contribution < 1.29 is 4.74 Å². The Kier molecular flexibility index (Phi) is 5.06. The second kappa shape index (κ2) is 7.81. The van der Waals surface area contributed by atoms with Gasteiger partial charge in [0.15, 0.2) is 0 Å². The van der Waals surface area contributed by atoms with Gasteiger partial charge in [-0.1, -0.05) is 30.3 Å². The summed E-state index contributed by atoms with van der Waals surface area (Å²) in [6.07, 6.45) is 1.80. The van der Waals surface area contributed by atoms with Crippen molar-refractivity contribution in [2.24, 2.45) is 7.05 Å². The second-order valence-corrected chi connectivity index (χ2v) is 6.56. The monoisotopic (exact) mass is 402 g/mol. The fourth-order valence-electron chi connectivity index (χ4n) is 3.30. The molecule has 0 aliphatic rings. The zero-order chi connectivity index (χ0) is 18.9. The molecular formula is C23H19ClN4O. The standard InChI is InChI=1S/C23H18N4O.ClH/c1-27-22-10-6-5-9-21(22)26-23(27)25-20-13-14-24-19-12-11-17(15-18(19)20)28-16-7-3-2-4-8-16;/h2-15H,1H3,(H,24,25,26);1H. The quantitative estimate of drug-likeness (QED) is 0.396. The number of imidazole rings is 1. The number of benzene rings is 3. The van der Waals surface area contributed by atoms with Crippen LogP contribution in [0.5, 0.6) is 11.5 Å². The fraction of sp³-hybridized carbons (Fsp3) is 0.0435. The molecule has 29 heavy (non-hydrogen) atoms. The van der Waals surface area contributed by atoms with Gasteiger partial charge in [-0.2, -0.15) is 0 Å². The van der Waals surface area contributed by atoms with E-state index < -0.39 is 0 Å². The molecule has 0 amide bonds. The van der Waals surface area contributed by atoms with Crippen molar-refractivity contribution >= 4 is 46.0 Å². The molecule has 0 spiro atoms. The summed E-state index contributed by atoms with van der Waals surface area (Å²) in [5.41, 5.74) is 3.86. The molecule has 0 bridgehead atoms. The average molecular weight is 403 g/mol. The number of aryl methyl sites for hydroxylation is 1. The number of hydrogen-bond donors (Lipinski definition) is 1. The van der Waals surface area contributed by atoms with Crippen molar-refractivity contribution in [1.29, 1.82) is 0 Å². The fourth-order valence-corrected chi connectivity index (χ4v) is 3.30. The number of ether oxygens (including phenoxy) is 1. The number of para-hydroxylation sites is 3. The first kappa shape index (κ1) is 18.8. The molecule has 0 fully saturated rings. The maximum atomic E-state index is 5.99. The van der Waals surface area contributed by atoms with E-state index in [0.717, 1.165) is 45.1 Å². The van der Waals surface area contributed by atoms with Crippen LogP contribution in [0.1, 0.15) is 0 Å². The Balaban J connectivity index is 0.00000205. The van der Waals surface area contributed by atoms with Gasteiger partial charge in [-0.3, -0.25) is 4.98 Å². The summed E-state index contributed by atoms with van der Waals surface area (Å²) in [6.45, 7) is 0. The highest BCUT2D eigenvalue weighted by Gasteiger charge is 2.10. The highest BCUT2D eigenvalue weighted by Crippen LogP contribution is 2.31. The Morgan fingerprint density at radius 3 is 2.45 bits per heavy atom. The van der Waals surface area contributed by atoms with Crippen molar-refractivity contribution in [2.75, 3.05) is 5.32 Å². The molecule has 0 aliphatic carbocycles. The predicted octanol–water partition coefficient (Wildman–Crippen LogP) is 6.08. The molecular weight excluding hydrogens is 384 g/mol. The number of hydrogen-bond acceptors (Lipinski definition) is 4. The van der Waals surface area contributed by atoms with E-state index in [1.807, 2.05) is 84.4 Å². The number of aromatic nitrogens is 3. The van der Waals surface area contributed by atoms with Crippen molar-refractivity contribution in [3.05, 3.63) is 85.1 Å². The predicted molar refractivity (Wildman–Crippen MR) is 120 cm³/mol. The summed E-state index contributed by atoms with van der Waals surface area (Å²) < 4.78 is 8.03. The minimum absolute atomic E-state index is 0. The van der Waals surface area contributed by atoms with Crippen LogP contribution in [0, 0.1) is 0 Å². The smallest absolute Gasteiger partial charge is 0.208 e. The number of nitrogens with zero attached hydrogens (tertiary/aromatic N) is 3. The molecule has 3 aromatic carbocycles.